The Morgan fingerprint density at radius 3 is 2.90 bits per heavy atom. The SMILES string of the molecule is CN(Cc1ccc(Cl)nc1)Cc1c(Cl)nc2sccn12. The zero-order chi connectivity index (χ0) is 14.1. The molecule has 20 heavy (non-hydrogen) atoms. The molecule has 3 rings (SSSR count). The van der Waals surface area contributed by atoms with Crippen molar-refractivity contribution in [3.63, 3.8) is 0 Å². The van der Waals surface area contributed by atoms with Gasteiger partial charge in [0.25, 0.3) is 0 Å². The molecule has 0 amide bonds. The van der Waals surface area contributed by atoms with E-state index in [1.54, 1.807) is 23.6 Å². The van der Waals surface area contributed by atoms with Gasteiger partial charge in [0.05, 0.1) is 5.69 Å². The molecular weight excluding hydrogens is 315 g/mol. The van der Waals surface area contributed by atoms with Crippen LogP contribution in [0.1, 0.15) is 11.3 Å². The molecule has 0 fully saturated rings. The molecule has 0 radical (unpaired) electrons. The van der Waals surface area contributed by atoms with Crippen molar-refractivity contribution in [3.05, 3.63) is 51.5 Å². The van der Waals surface area contributed by atoms with Gasteiger partial charge in [0.15, 0.2) is 10.1 Å². The highest BCUT2D eigenvalue weighted by Gasteiger charge is 2.13. The molecule has 3 heterocycles. The summed E-state index contributed by atoms with van der Waals surface area (Å²) < 4.78 is 2.03. The van der Waals surface area contributed by atoms with Crippen LogP contribution in [0.15, 0.2) is 29.9 Å². The molecule has 0 aliphatic carbocycles. The third kappa shape index (κ3) is 2.81. The van der Waals surface area contributed by atoms with Crippen LogP contribution in [0.3, 0.4) is 0 Å². The predicted octanol–water partition coefficient (Wildman–Crippen LogP) is 3.73. The van der Waals surface area contributed by atoms with Gasteiger partial charge in [-0.25, -0.2) is 9.97 Å². The Labute approximate surface area is 130 Å². The van der Waals surface area contributed by atoms with Crippen LogP contribution < -0.4 is 0 Å². The summed E-state index contributed by atoms with van der Waals surface area (Å²) in [5.74, 6) is 0. The normalized spacial score (nSPS) is 11.6. The lowest BCUT2D eigenvalue weighted by atomic mass is 10.2. The molecule has 0 bridgehead atoms. The largest absolute Gasteiger partial charge is 0.296 e. The van der Waals surface area contributed by atoms with E-state index in [2.05, 4.69) is 14.9 Å². The van der Waals surface area contributed by atoms with E-state index in [-0.39, 0.29) is 0 Å². The third-order valence-electron chi connectivity index (χ3n) is 2.97. The van der Waals surface area contributed by atoms with E-state index in [1.807, 2.05) is 29.1 Å². The summed E-state index contributed by atoms with van der Waals surface area (Å²) in [5.41, 5.74) is 2.12. The van der Waals surface area contributed by atoms with Crippen LogP contribution in [0, 0.1) is 0 Å². The number of thiazole rings is 1. The summed E-state index contributed by atoms with van der Waals surface area (Å²) in [4.78, 5) is 11.5. The summed E-state index contributed by atoms with van der Waals surface area (Å²) in [7, 11) is 2.04. The van der Waals surface area contributed by atoms with Gasteiger partial charge in [-0.2, -0.15) is 0 Å². The first-order chi connectivity index (χ1) is 9.63. The fraction of sp³-hybridized carbons (Fsp3) is 0.231. The monoisotopic (exact) mass is 326 g/mol. The smallest absolute Gasteiger partial charge is 0.195 e. The van der Waals surface area contributed by atoms with Crippen molar-refractivity contribution >= 4 is 39.5 Å². The van der Waals surface area contributed by atoms with E-state index >= 15 is 0 Å². The van der Waals surface area contributed by atoms with Crippen molar-refractivity contribution in [2.75, 3.05) is 7.05 Å². The number of imidazole rings is 1. The first kappa shape index (κ1) is 13.8. The summed E-state index contributed by atoms with van der Waals surface area (Å²) in [5, 5.41) is 3.08. The van der Waals surface area contributed by atoms with Gasteiger partial charge in [-0.15, -0.1) is 11.3 Å². The average molecular weight is 327 g/mol. The van der Waals surface area contributed by atoms with Gasteiger partial charge in [-0.3, -0.25) is 9.30 Å². The van der Waals surface area contributed by atoms with E-state index in [4.69, 9.17) is 23.2 Å². The molecule has 0 saturated carbocycles. The number of fused-ring (bicyclic) bond motifs is 1. The Bertz CT molecular complexity index is 720. The number of hydrogen-bond acceptors (Lipinski definition) is 4. The second kappa shape index (κ2) is 5.69. The maximum Gasteiger partial charge on any atom is 0.195 e. The Hall–Kier alpha value is -1.14. The fourth-order valence-corrected chi connectivity index (χ4v) is 3.20. The summed E-state index contributed by atoms with van der Waals surface area (Å²) in [6.07, 6.45) is 3.78. The molecule has 0 unspecified atom stereocenters. The first-order valence-electron chi connectivity index (χ1n) is 6.02. The minimum atomic E-state index is 0.509. The second-order valence-electron chi connectivity index (χ2n) is 4.57. The molecule has 0 spiro atoms. The molecule has 104 valence electrons. The van der Waals surface area contributed by atoms with E-state index in [9.17, 15) is 0 Å². The van der Waals surface area contributed by atoms with Crippen LogP contribution in [-0.4, -0.2) is 26.3 Å². The molecule has 0 atom stereocenters. The van der Waals surface area contributed by atoms with Gasteiger partial charge >= 0.3 is 0 Å². The highest BCUT2D eigenvalue weighted by Crippen LogP contribution is 2.22. The van der Waals surface area contributed by atoms with Gasteiger partial charge < -0.3 is 0 Å². The Morgan fingerprint density at radius 1 is 1.30 bits per heavy atom. The summed E-state index contributed by atoms with van der Waals surface area (Å²) in [6.45, 7) is 1.50. The number of aromatic nitrogens is 3. The van der Waals surface area contributed by atoms with Crippen molar-refractivity contribution in [2.45, 2.75) is 13.1 Å². The van der Waals surface area contributed by atoms with Gasteiger partial charge in [-0.1, -0.05) is 29.3 Å². The first-order valence-corrected chi connectivity index (χ1v) is 7.66. The number of nitrogens with zero attached hydrogens (tertiary/aromatic N) is 4. The van der Waals surface area contributed by atoms with Crippen LogP contribution in [0.25, 0.3) is 4.96 Å². The van der Waals surface area contributed by atoms with Crippen molar-refractivity contribution in [1.82, 2.24) is 19.3 Å². The number of pyridine rings is 1. The van der Waals surface area contributed by atoms with Crippen LogP contribution in [-0.2, 0) is 13.1 Å². The maximum atomic E-state index is 6.20. The quantitative estimate of drug-likeness (QED) is 0.685. The minimum absolute atomic E-state index is 0.509. The van der Waals surface area contributed by atoms with Crippen molar-refractivity contribution in [2.24, 2.45) is 0 Å². The van der Waals surface area contributed by atoms with Crippen molar-refractivity contribution < 1.29 is 0 Å². The maximum absolute atomic E-state index is 6.20. The molecule has 0 N–H and O–H groups in total. The molecular formula is C13H12Cl2N4S. The standard InChI is InChI=1S/C13H12Cl2N4S/c1-18(7-9-2-3-11(14)16-6-9)8-10-12(15)17-13-19(10)4-5-20-13/h2-6H,7-8H2,1H3. The number of halogens is 2. The molecule has 3 aromatic rings. The van der Waals surface area contributed by atoms with Gasteiger partial charge in [0, 0.05) is 30.9 Å². The molecule has 7 heteroatoms. The van der Waals surface area contributed by atoms with Gasteiger partial charge in [0.2, 0.25) is 0 Å². The van der Waals surface area contributed by atoms with Crippen molar-refractivity contribution in [3.8, 4) is 0 Å². The third-order valence-corrected chi connectivity index (χ3v) is 4.26. The average Bonchev–Trinajstić information content (AvgIpc) is 2.96. The van der Waals surface area contributed by atoms with E-state index in [0.717, 1.165) is 29.3 Å². The molecule has 4 nitrogen and oxygen atoms in total. The highest BCUT2D eigenvalue weighted by molar-refractivity contribution is 7.15. The molecule has 0 aliphatic heterocycles. The lowest BCUT2D eigenvalue weighted by Crippen LogP contribution is -2.18. The van der Waals surface area contributed by atoms with E-state index < -0.39 is 0 Å². The molecule has 0 aromatic carbocycles. The number of hydrogen-bond donors (Lipinski definition) is 0. The lowest BCUT2D eigenvalue weighted by Gasteiger charge is -2.16. The van der Waals surface area contributed by atoms with E-state index in [0.29, 0.717) is 10.3 Å². The Morgan fingerprint density at radius 2 is 2.15 bits per heavy atom. The molecule has 3 aromatic heterocycles. The Balaban J connectivity index is 1.75. The predicted molar refractivity (Wildman–Crippen MR) is 82.5 cm³/mol. The van der Waals surface area contributed by atoms with Crippen LogP contribution >= 0.6 is 34.5 Å². The summed E-state index contributed by atoms with van der Waals surface area (Å²) >= 11 is 13.6. The minimum Gasteiger partial charge on any atom is -0.296 e. The van der Waals surface area contributed by atoms with Gasteiger partial charge in [0.1, 0.15) is 5.15 Å². The van der Waals surface area contributed by atoms with Crippen LogP contribution in [0.2, 0.25) is 10.3 Å². The number of rotatable bonds is 4. The zero-order valence-electron chi connectivity index (χ0n) is 10.8. The second-order valence-corrected chi connectivity index (χ2v) is 6.18. The summed E-state index contributed by atoms with van der Waals surface area (Å²) in [6, 6.07) is 3.78. The molecule has 0 aliphatic rings. The zero-order valence-corrected chi connectivity index (χ0v) is 13.1. The Kier molecular flexibility index (Phi) is 3.94. The van der Waals surface area contributed by atoms with Crippen LogP contribution in [0.4, 0.5) is 0 Å². The fourth-order valence-electron chi connectivity index (χ4n) is 2.07. The van der Waals surface area contributed by atoms with Gasteiger partial charge in [-0.05, 0) is 18.7 Å². The van der Waals surface area contributed by atoms with Crippen LogP contribution in [0.5, 0.6) is 0 Å². The van der Waals surface area contributed by atoms with E-state index in [1.165, 1.54) is 0 Å². The topological polar surface area (TPSA) is 33.4 Å². The highest BCUT2D eigenvalue weighted by atomic mass is 35.5. The molecule has 0 saturated heterocycles. The van der Waals surface area contributed by atoms with Crippen molar-refractivity contribution in [1.29, 1.82) is 0 Å². The lowest BCUT2D eigenvalue weighted by molar-refractivity contribution is 0.314.